The second-order valence-electron chi connectivity index (χ2n) is 5.06. The van der Waals surface area contributed by atoms with Crippen molar-refractivity contribution in [3.8, 4) is 0 Å². The fraction of sp³-hybridized carbons (Fsp3) is 0.900. The number of rotatable bonds is 1. The van der Waals surface area contributed by atoms with Crippen LogP contribution in [0.3, 0.4) is 0 Å². The van der Waals surface area contributed by atoms with Gasteiger partial charge in [0.15, 0.2) is 0 Å². The Bertz CT molecular complexity index is 225. The third-order valence-corrected chi connectivity index (χ3v) is 2.06. The standard InChI is InChI=1S/C10H21N3O2/c1-7-5-8(13-11-6-7)12-9(14)15-10(2,3)4/h7-8,11,13H,5-6H2,1-4H3,(H,12,14)/t7-,8+/m1/s1. The summed E-state index contributed by atoms with van der Waals surface area (Å²) >= 11 is 0. The molecule has 0 unspecified atom stereocenters. The van der Waals surface area contributed by atoms with Gasteiger partial charge in [0.25, 0.3) is 0 Å². The molecule has 1 rings (SSSR count). The quantitative estimate of drug-likeness (QED) is 0.610. The van der Waals surface area contributed by atoms with E-state index in [0.717, 1.165) is 13.0 Å². The lowest BCUT2D eigenvalue weighted by Crippen LogP contribution is -2.57. The minimum absolute atomic E-state index is 0.0522. The minimum Gasteiger partial charge on any atom is -0.444 e. The number of hydrogen-bond acceptors (Lipinski definition) is 4. The fourth-order valence-electron chi connectivity index (χ4n) is 1.45. The summed E-state index contributed by atoms with van der Waals surface area (Å²) in [4.78, 5) is 11.4. The first-order chi connectivity index (χ1) is 6.87. The number of hydrazine groups is 1. The third kappa shape index (κ3) is 4.99. The highest BCUT2D eigenvalue weighted by atomic mass is 16.6. The maximum absolute atomic E-state index is 11.4. The Kier molecular flexibility index (Phi) is 3.93. The van der Waals surface area contributed by atoms with Crippen molar-refractivity contribution < 1.29 is 9.53 Å². The van der Waals surface area contributed by atoms with Gasteiger partial charge in [-0.2, -0.15) is 0 Å². The molecule has 0 saturated carbocycles. The summed E-state index contributed by atoms with van der Waals surface area (Å²) in [5.41, 5.74) is 5.59. The van der Waals surface area contributed by atoms with Crippen LogP contribution in [0.5, 0.6) is 0 Å². The molecule has 88 valence electrons. The number of alkyl carbamates (subject to hydrolysis) is 1. The normalized spacial score (nSPS) is 27.2. The van der Waals surface area contributed by atoms with Crippen LogP contribution < -0.4 is 16.2 Å². The number of amides is 1. The van der Waals surface area contributed by atoms with Gasteiger partial charge in [-0.15, -0.1) is 0 Å². The molecular weight excluding hydrogens is 194 g/mol. The molecule has 2 atom stereocenters. The largest absolute Gasteiger partial charge is 0.444 e. The Balaban J connectivity index is 2.31. The van der Waals surface area contributed by atoms with E-state index in [1.807, 2.05) is 20.8 Å². The second-order valence-corrected chi connectivity index (χ2v) is 5.06. The molecular formula is C10H21N3O2. The van der Waals surface area contributed by atoms with E-state index in [9.17, 15) is 4.79 Å². The summed E-state index contributed by atoms with van der Waals surface area (Å²) in [6, 6.07) is 0. The van der Waals surface area contributed by atoms with E-state index in [1.165, 1.54) is 0 Å². The summed E-state index contributed by atoms with van der Waals surface area (Å²) in [7, 11) is 0. The molecule has 0 aromatic heterocycles. The van der Waals surface area contributed by atoms with E-state index in [4.69, 9.17) is 4.74 Å². The minimum atomic E-state index is -0.447. The zero-order chi connectivity index (χ0) is 11.5. The highest BCUT2D eigenvalue weighted by Gasteiger charge is 2.22. The van der Waals surface area contributed by atoms with Crippen LogP contribution in [-0.4, -0.2) is 24.4 Å². The second kappa shape index (κ2) is 4.81. The van der Waals surface area contributed by atoms with Crippen molar-refractivity contribution in [1.82, 2.24) is 16.2 Å². The zero-order valence-corrected chi connectivity index (χ0v) is 9.89. The van der Waals surface area contributed by atoms with Gasteiger partial charge in [-0.3, -0.25) is 5.43 Å². The van der Waals surface area contributed by atoms with Crippen LogP contribution in [0.15, 0.2) is 0 Å². The molecule has 1 fully saturated rings. The molecule has 1 amide bonds. The average Bonchev–Trinajstić information content (AvgIpc) is 1.99. The maximum atomic E-state index is 11.4. The van der Waals surface area contributed by atoms with Crippen molar-refractivity contribution in [1.29, 1.82) is 0 Å². The number of hydrogen-bond donors (Lipinski definition) is 3. The van der Waals surface area contributed by atoms with Gasteiger partial charge < -0.3 is 10.1 Å². The van der Waals surface area contributed by atoms with Crippen LogP contribution in [0.4, 0.5) is 4.79 Å². The molecule has 3 N–H and O–H groups in total. The number of ether oxygens (including phenoxy) is 1. The van der Waals surface area contributed by atoms with Crippen LogP contribution in [0.25, 0.3) is 0 Å². The van der Waals surface area contributed by atoms with Gasteiger partial charge in [0, 0.05) is 6.54 Å². The molecule has 0 spiro atoms. The maximum Gasteiger partial charge on any atom is 0.408 e. The number of nitrogens with one attached hydrogen (secondary N) is 3. The Hall–Kier alpha value is -0.810. The van der Waals surface area contributed by atoms with E-state index in [-0.39, 0.29) is 12.3 Å². The van der Waals surface area contributed by atoms with Crippen molar-refractivity contribution in [2.75, 3.05) is 6.54 Å². The summed E-state index contributed by atoms with van der Waals surface area (Å²) in [5.74, 6) is 0.547. The van der Waals surface area contributed by atoms with Crippen LogP contribution in [0.2, 0.25) is 0 Å². The highest BCUT2D eigenvalue weighted by molar-refractivity contribution is 5.68. The summed E-state index contributed by atoms with van der Waals surface area (Å²) in [6.45, 7) is 8.61. The van der Waals surface area contributed by atoms with Crippen LogP contribution in [-0.2, 0) is 4.74 Å². The lowest BCUT2D eigenvalue weighted by molar-refractivity contribution is 0.0468. The number of carbonyl (C=O) groups is 1. The lowest BCUT2D eigenvalue weighted by atomic mass is 10.1. The molecule has 1 saturated heterocycles. The number of carbonyl (C=O) groups excluding carboxylic acids is 1. The van der Waals surface area contributed by atoms with Crippen molar-refractivity contribution in [2.45, 2.75) is 45.9 Å². The van der Waals surface area contributed by atoms with Gasteiger partial charge in [-0.1, -0.05) is 6.92 Å². The molecule has 0 aromatic carbocycles. The average molecular weight is 215 g/mol. The van der Waals surface area contributed by atoms with Crippen LogP contribution >= 0.6 is 0 Å². The monoisotopic (exact) mass is 215 g/mol. The Morgan fingerprint density at radius 2 is 2.13 bits per heavy atom. The molecule has 1 aliphatic rings. The Morgan fingerprint density at radius 3 is 2.67 bits per heavy atom. The zero-order valence-electron chi connectivity index (χ0n) is 9.89. The van der Waals surface area contributed by atoms with E-state index < -0.39 is 5.60 Å². The van der Waals surface area contributed by atoms with Crippen molar-refractivity contribution >= 4 is 6.09 Å². The molecule has 0 radical (unpaired) electrons. The molecule has 5 nitrogen and oxygen atoms in total. The Labute approximate surface area is 90.9 Å². The molecule has 5 heteroatoms. The molecule has 1 aliphatic heterocycles. The van der Waals surface area contributed by atoms with Gasteiger partial charge in [-0.25, -0.2) is 10.2 Å². The van der Waals surface area contributed by atoms with Crippen molar-refractivity contribution in [2.24, 2.45) is 5.92 Å². The highest BCUT2D eigenvalue weighted by Crippen LogP contribution is 2.09. The first-order valence-electron chi connectivity index (χ1n) is 5.35. The molecule has 1 heterocycles. The van der Waals surface area contributed by atoms with E-state index >= 15 is 0 Å². The molecule has 0 aliphatic carbocycles. The van der Waals surface area contributed by atoms with Gasteiger partial charge in [-0.05, 0) is 33.1 Å². The predicted octanol–water partition coefficient (Wildman–Crippen LogP) is 0.971. The van der Waals surface area contributed by atoms with E-state index in [2.05, 4.69) is 23.1 Å². The van der Waals surface area contributed by atoms with Crippen LogP contribution in [0.1, 0.15) is 34.1 Å². The molecule has 15 heavy (non-hydrogen) atoms. The first-order valence-corrected chi connectivity index (χ1v) is 5.35. The SMILES string of the molecule is C[C@H]1CNN[C@H](NC(=O)OC(C)(C)C)C1. The van der Waals surface area contributed by atoms with Crippen molar-refractivity contribution in [3.63, 3.8) is 0 Å². The van der Waals surface area contributed by atoms with E-state index in [0.29, 0.717) is 5.92 Å². The first kappa shape index (κ1) is 12.3. The van der Waals surface area contributed by atoms with E-state index in [1.54, 1.807) is 0 Å². The van der Waals surface area contributed by atoms with Gasteiger partial charge in [0.1, 0.15) is 5.60 Å². The lowest BCUT2D eigenvalue weighted by Gasteiger charge is -2.30. The summed E-state index contributed by atoms with van der Waals surface area (Å²) < 4.78 is 5.16. The van der Waals surface area contributed by atoms with Gasteiger partial charge >= 0.3 is 6.09 Å². The summed E-state index contributed by atoms with van der Waals surface area (Å²) in [5, 5.41) is 2.77. The van der Waals surface area contributed by atoms with Crippen LogP contribution in [0, 0.1) is 5.92 Å². The predicted molar refractivity (Wildman–Crippen MR) is 58.1 cm³/mol. The van der Waals surface area contributed by atoms with Gasteiger partial charge in [0.05, 0.1) is 6.17 Å². The third-order valence-electron chi connectivity index (χ3n) is 2.06. The van der Waals surface area contributed by atoms with Crippen molar-refractivity contribution in [3.05, 3.63) is 0 Å². The molecule has 0 aromatic rings. The smallest absolute Gasteiger partial charge is 0.408 e. The van der Waals surface area contributed by atoms with Gasteiger partial charge in [0.2, 0.25) is 0 Å². The molecule has 0 bridgehead atoms. The fourth-order valence-corrected chi connectivity index (χ4v) is 1.45. The topological polar surface area (TPSA) is 62.4 Å². The Morgan fingerprint density at radius 1 is 1.47 bits per heavy atom. The summed E-state index contributed by atoms with van der Waals surface area (Å²) in [6.07, 6.45) is 0.478.